The molecule has 0 aromatic heterocycles. The Morgan fingerprint density at radius 2 is 0.870 bits per heavy atom. The molecule has 0 atom stereocenters. The Morgan fingerprint density at radius 1 is 0.500 bits per heavy atom. The van der Waals surface area contributed by atoms with E-state index in [2.05, 4.69) is 150 Å². The summed E-state index contributed by atoms with van der Waals surface area (Å²) in [6, 6.07) is 40.5. The summed E-state index contributed by atoms with van der Waals surface area (Å²) >= 11 is 0. The molecule has 0 fully saturated rings. The maximum Gasteiger partial charge on any atom is 2.00 e. The summed E-state index contributed by atoms with van der Waals surface area (Å²) in [5, 5.41) is 5.57. The zero-order valence-corrected chi connectivity index (χ0v) is 32.5. The average molecular weight is 700 g/mol. The van der Waals surface area contributed by atoms with Crippen molar-refractivity contribution in [3.8, 4) is 22.3 Å². The van der Waals surface area contributed by atoms with E-state index in [4.69, 9.17) is 0 Å². The first-order valence-corrected chi connectivity index (χ1v) is 19.2. The molecule has 0 N–H and O–H groups in total. The van der Waals surface area contributed by atoms with Gasteiger partial charge in [0.05, 0.1) is 0 Å². The molecule has 6 rings (SSSR count). The van der Waals surface area contributed by atoms with Crippen molar-refractivity contribution in [2.24, 2.45) is 0 Å². The predicted octanol–water partition coefficient (Wildman–Crippen LogP) is 13.0. The first kappa shape index (κ1) is 37.7. The van der Waals surface area contributed by atoms with E-state index in [1.54, 1.807) is 0 Å². The second kappa shape index (κ2) is 19.8. The largest absolute Gasteiger partial charge is 2.00 e. The number of fused-ring (bicyclic) bond motifs is 2. The van der Waals surface area contributed by atoms with Crippen LogP contribution in [0.4, 0.5) is 0 Å². The third-order valence-corrected chi connectivity index (χ3v) is 8.64. The molecule has 6 aromatic carbocycles. The topological polar surface area (TPSA) is 0 Å². The van der Waals surface area contributed by atoms with Gasteiger partial charge in [-0.1, -0.05) is 138 Å². The smallest absolute Gasteiger partial charge is 0.164 e. The van der Waals surface area contributed by atoms with Crippen LogP contribution in [-0.2, 0) is 51.9 Å². The van der Waals surface area contributed by atoms with Crippen LogP contribution in [0.5, 0.6) is 0 Å². The average Bonchev–Trinajstić information content (AvgIpc) is 3.71. The maximum atomic E-state index is 2.40. The van der Waals surface area contributed by atoms with Crippen molar-refractivity contribution in [1.29, 1.82) is 0 Å². The molecule has 0 aliphatic rings. The molecular weight excluding hydrogens is 648 g/mol. The van der Waals surface area contributed by atoms with E-state index >= 15 is 0 Å². The SMILES string of the molecule is CCCCc1cc2c(-c3ccccc3CC)cccc2[cH-]1.CCCCc1cc2c(-c3ccccc3CC)cccc2[cH-]1.C[Si]C.[Zr+2]. The monoisotopic (exact) mass is 698 g/mol. The fourth-order valence-corrected chi connectivity index (χ4v) is 6.30. The quantitative estimate of drug-likeness (QED) is 0.0986. The minimum Gasteiger partial charge on any atom is -0.164 e. The zero-order valence-electron chi connectivity index (χ0n) is 29.0. The summed E-state index contributed by atoms with van der Waals surface area (Å²) < 4.78 is 0. The van der Waals surface area contributed by atoms with Crippen LogP contribution < -0.4 is 0 Å². The predicted molar refractivity (Wildman–Crippen MR) is 203 cm³/mol. The van der Waals surface area contributed by atoms with Crippen LogP contribution in [-0.4, -0.2) is 9.52 Å². The van der Waals surface area contributed by atoms with Gasteiger partial charge in [-0.25, -0.2) is 0 Å². The normalized spacial score (nSPS) is 10.6. The van der Waals surface area contributed by atoms with E-state index in [1.165, 1.54) is 105 Å². The third kappa shape index (κ3) is 9.62. The van der Waals surface area contributed by atoms with Crippen molar-refractivity contribution in [3.05, 3.63) is 131 Å². The van der Waals surface area contributed by atoms with Crippen LogP contribution in [0, 0.1) is 0 Å². The van der Waals surface area contributed by atoms with Gasteiger partial charge in [0, 0.05) is 9.52 Å². The van der Waals surface area contributed by atoms with Gasteiger partial charge in [-0.3, -0.25) is 0 Å². The van der Waals surface area contributed by atoms with Crippen molar-refractivity contribution in [3.63, 3.8) is 0 Å². The standard InChI is InChI=1S/2C21H23.C2H6Si.Zr/c2*1-3-5-9-16-14-18-11-8-13-20(21(18)15-16)19-12-7-6-10-17(19)4-2;1-3-2;/h2*6-8,10-15H,3-5,9H2,1-2H3;1-2H3;/q2*-1;;+2. The number of hydrogen-bond acceptors (Lipinski definition) is 0. The first-order chi connectivity index (χ1) is 22.1. The summed E-state index contributed by atoms with van der Waals surface area (Å²) in [4.78, 5) is 0. The molecule has 6 aromatic rings. The van der Waals surface area contributed by atoms with Crippen molar-refractivity contribution in [2.75, 3.05) is 0 Å². The van der Waals surface area contributed by atoms with Gasteiger partial charge >= 0.3 is 26.2 Å². The van der Waals surface area contributed by atoms with E-state index in [0.717, 1.165) is 22.4 Å². The van der Waals surface area contributed by atoms with E-state index in [9.17, 15) is 0 Å². The second-order valence-electron chi connectivity index (χ2n) is 12.1. The van der Waals surface area contributed by atoms with Crippen molar-refractivity contribution >= 4 is 31.1 Å². The molecule has 236 valence electrons. The summed E-state index contributed by atoms with van der Waals surface area (Å²) in [5.41, 5.74) is 11.4. The number of aryl methyl sites for hydroxylation is 4. The first-order valence-electron chi connectivity index (χ1n) is 17.2. The third-order valence-electron chi connectivity index (χ3n) is 8.64. The molecule has 2 radical (unpaired) electrons. The summed E-state index contributed by atoms with van der Waals surface area (Å²) in [6.45, 7) is 13.3. The molecule has 0 aliphatic heterocycles. The molecule has 0 spiro atoms. The molecular formula is C44H52SiZr. The van der Waals surface area contributed by atoms with Gasteiger partial charge < -0.3 is 0 Å². The van der Waals surface area contributed by atoms with Gasteiger partial charge in [0.2, 0.25) is 0 Å². The Kier molecular flexibility index (Phi) is 16.2. The van der Waals surface area contributed by atoms with E-state index in [0.29, 0.717) is 0 Å². The van der Waals surface area contributed by atoms with Crippen LogP contribution >= 0.6 is 0 Å². The van der Waals surface area contributed by atoms with Crippen molar-refractivity contribution in [2.45, 2.75) is 92.2 Å². The molecule has 0 saturated heterocycles. The molecule has 0 heterocycles. The number of rotatable bonds is 10. The minimum absolute atomic E-state index is 0. The van der Waals surface area contributed by atoms with Gasteiger partial charge in [0.25, 0.3) is 0 Å². The Balaban J connectivity index is 0.000000226. The summed E-state index contributed by atoms with van der Waals surface area (Å²) in [6.07, 6.45) is 9.61. The molecule has 0 bridgehead atoms. The molecule has 0 nitrogen and oxygen atoms in total. The van der Waals surface area contributed by atoms with E-state index in [1.807, 2.05) is 0 Å². The molecule has 0 aliphatic carbocycles. The molecule has 2 heteroatoms. The Hall–Kier alpha value is -2.80. The van der Waals surface area contributed by atoms with Crippen molar-refractivity contribution in [1.82, 2.24) is 0 Å². The molecule has 0 saturated carbocycles. The van der Waals surface area contributed by atoms with Crippen LogP contribution in [0.2, 0.25) is 13.1 Å². The van der Waals surface area contributed by atoms with Gasteiger partial charge in [0.1, 0.15) is 0 Å². The van der Waals surface area contributed by atoms with Gasteiger partial charge in [-0.15, -0.1) is 69.1 Å². The Morgan fingerprint density at radius 3 is 1.24 bits per heavy atom. The van der Waals surface area contributed by atoms with Crippen LogP contribution in [0.1, 0.15) is 75.6 Å². The van der Waals surface area contributed by atoms with Crippen LogP contribution in [0.3, 0.4) is 0 Å². The fourth-order valence-electron chi connectivity index (χ4n) is 6.30. The fraction of sp³-hybridized carbons (Fsp3) is 0.318. The Labute approximate surface area is 301 Å². The molecule has 46 heavy (non-hydrogen) atoms. The van der Waals surface area contributed by atoms with E-state index < -0.39 is 0 Å². The minimum atomic E-state index is 0. The maximum absolute atomic E-state index is 2.40. The summed E-state index contributed by atoms with van der Waals surface area (Å²) in [5.74, 6) is 0. The molecule has 0 unspecified atom stereocenters. The van der Waals surface area contributed by atoms with Crippen LogP contribution in [0.25, 0.3) is 43.8 Å². The molecule has 0 amide bonds. The number of unbranched alkanes of at least 4 members (excludes halogenated alkanes) is 2. The number of hydrogen-bond donors (Lipinski definition) is 0. The van der Waals surface area contributed by atoms with Gasteiger partial charge in [-0.2, -0.15) is 12.1 Å². The summed E-state index contributed by atoms with van der Waals surface area (Å²) in [7, 11) is 1.08. The Bertz CT molecular complexity index is 1620. The number of benzene rings is 4. The van der Waals surface area contributed by atoms with Gasteiger partial charge in [0.15, 0.2) is 0 Å². The second-order valence-corrected chi connectivity index (χ2v) is 13.1. The van der Waals surface area contributed by atoms with Crippen LogP contribution in [0.15, 0.2) is 109 Å². The van der Waals surface area contributed by atoms with Crippen molar-refractivity contribution < 1.29 is 26.2 Å². The van der Waals surface area contributed by atoms with Gasteiger partial charge in [-0.05, 0) is 47.9 Å². The van der Waals surface area contributed by atoms with E-state index in [-0.39, 0.29) is 26.2 Å². The zero-order chi connectivity index (χ0) is 32.0.